The van der Waals surface area contributed by atoms with Gasteiger partial charge < -0.3 is 14.5 Å². The Hall–Kier alpha value is -1.32. The quantitative estimate of drug-likeness (QED) is 0.640. The lowest BCUT2D eigenvalue weighted by Crippen LogP contribution is -2.33. The predicted molar refractivity (Wildman–Crippen MR) is 67.5 cm³/mol. The molecule has 0 amide bonds. The zero-order chi connectivity index (χ0) is 18.3. The van der Waals surface area contributed by atoms with E-state index >= 15 is 0 Å². The monoisotopic (exact) mass is 327 g/mol. The van der Waals surface area contributed by atoms with Crippen LogP contribution >= 0.6 is 7.82 Å². The van der Waals surface area contributed by atoms with Gasteiger partial charge in [-0.1, -0.05) is 0 Å². The van der Waals surface area contributed by atoms with Crippen molar-refractivity contribution >= 4 is 7.82 Å². The smallest absolute Gasteiger partial charge is 0.349 e. The van der Waals surface area contributed by atoms with Crippen LogP contribution in [-0.2, 0) is 13.8 Å². The van der Waals surface area contributed by atoms with Crippen molar-refractivity contribution in [2.45, 2.75) is 31.8 Å². The number of alkyl halides is 1. The molecule has 3 N–H and O–H groups in total. The fourth-order valence-corrected chi connectivity index (χ4v) is 2.22. The zero-order valence-corrected chi connectivity index (χ0v) is 11.3. The maximum absolute atomic E-state index is 13.9. The molecule has 1 fully saturated rings. The molecule has 0 bridgehead atoms. The summed E-state index contributed by atoms with van der Waals surface area (Å²) in [5.74, 6) is 0. The lowest BCUT2D eigenvalue weighted by Gasteiger charge is -2.16. The largest absolute Gasteiger partial charge is 0.469 e. The van der Waals surface area contributed by atoms with Crippen molar-refractivity contribution in [2.75, 3.05) is 6.61 Å². The lowest BCUT2D eigenvalue weighted by atomic mass is 10.2. The fourth-order valence-electron chi connectivity index (χ4n) is 1.88. The minimum Gasteiger partial charge on any atom is -0.349 e. The van der Waals surface area contributed by atoms with E-state index in [0.717, 1.165) is 6.20 Å². The van der Waals surface area contributed by atoms with Crippen molar-refractivity contribution in [3.05, 3.63) is 32.6 Å². The summed E-state index contributed by atoms with van der Waals surface area (Å²) in [6.45, 7) is -3.55. The Morgan fingerprint density at radius 2 is 2.38 bits per heavy atom. The average Bonchev–Trinajstić information content (AvgIpc) is 2.75. The van der Waals surface area contributed by atoms with E-state index in [1.54, 1.807) is 0 Å². The van der Waals surface area contributed by atoms with E-state index in [-0.39, 0.29) is 6.42 Å². The maximum atomic E-state index is 13.9. The van der Waals surface area contributed by atoms with Crippen LogP contribution in [0.15, 0.2) is 15.8 Å². The van der Waals surface area contributed by atoms with E-state index in [9.17, 15) is 18.5 Å². The molecular formula is C10H14FN2O7P. The van der Waals surface area contributed by atoms with Crippen LogP contribution < -0.4 is 11.2 Å². The minimum atomic E-state index is -4.82. The van der Waals surface area contributed by atoms with Gasteiger partial charge in [0, 0.05) is 22.3 Å². The molecule has 2 rings (SSSR count). The first-order valence-corrected chi connectivity index (χ1v) is 7.27. The number of hydrogen-bond donors (Lipinski definition) is 3. The van der Waals surface area contributed by atoms with Crippen LogP contribution in [-0.4, -0.2) is 38.2 Å². The van der Waals surface area contributed by atoms with Gasteiger partial charge in [-0.15, -0.1) is 0 Å². The van der Waals surface area contributed by atoms with E-state index in [2.05, 4.69) is 4.52 Å². The van der Waals surface area contributed by atoms with Crippen molar-refractivity contribution in [3.63, 3.8) is 0 Å². The average molecular weight is 327 g/mol. The van der Waals surface area contributed by atoms with Crippen LogP contribution in [0.1, 0.15) is 22.3 Å². The maximum Gasteiger partial charge on any atom is 0.469 e. The summed E-state index contributed by atoms with van der Waals surface area (Å²) in [5.41, 5.74) is -2.76. The Balaban J connectivity index is 2.26. The molecular weight excluding hydrogens is 310 g/mol. The third-order valence-corrected chi connectivity index (χ3v) is 3.33. The summed E-state index contributed by atoms with van der Waals surface area (Å²) in [6, 6.07) is 0. The number of aromatic nitrogens is 2. The first-order valence-electron chi connectivity index (χ1n) is 7.24. The number of H-pyrrole nitrogens is 1. The van der Waals surface area contributed by atoms with Crippen molar-refractivity contribution in [1.82, 2.24) is 9.55 Å². The van der Waals surface area contributed by atoms with Gasteiger partial charge in [-0.3, -0.25) is 18.9 Å². The second kappa shape index (κ2) is 5.82. The van der Waals surface area contributed by atoms with Crippen molar-refractivity contribution in [3.8, 4) is 0 Å². The summed E-state index contributed by atoms with van der Waals surface area (Å²) in [4.78, 5) is 42.4. The molecule has 1 aromatic rings. The summed E-state index contributed by atoms with van der Waals surface area (Å²) >= 11 is 0. The standard InChI is InChI=1S/C10H14FN2O7P/c1-5-3-13(10(15)12-9(5)14)8-2-6(11)7(20-8)4-19-21(16,17)18/h3,6-8H,2,4H2,1H3,(H,12,14,15)(H2,16,17,18)/t6-,7+,8+/m0/s1/i1D3. The number of halogens is 1. The molecule has 1 aliphatic rings. The van der Waals surface area contributed by atoms with Gasteiger partial charge >= 0.3 is 13.5 Å². The second-order valence-electron chi connectivity index (χ2n) is 4.38. The Kier molecular flexibility index (Phi) is 3.39. The molecule has 9 nitrogen and oxygen atoms in total. The summed E-state index contributed by atoms with van der Waals surface area (Å²) in [7, 11) is -4.82. The van der Waals surface area contributed by atoms with Gasteiger partial charge in [0.1, 0.15) is 18.5 Å². The molecule has 0 spiro atoms. The summed E-state index contributed by atoms with van der Waals surface area (Å²) < 4.78 is 56.3. The molecule has 0 radical (unpaired) electrons. The van der Waals surface area contributed by atoms with Gasteiger partial charge in [-0.05, 0) is 6.85 Å². The van der Waals surface area contributed by atoms with Crippen LogP contribution in [0.5, 0.6) is 0 Å². The van der Waals surface area contributed by atoms with E-state index < -0.39 is 56.6 Å². The summed E-state index contributed by atoms with van der Waals surface area (Å²) in [6.07, 6.45) is -3.95. The molecule has 0 aromatic carbocycles. The third kappa shape index (κ3) is 3.86. The number of aromatic amines is 1. The Morgan fingerprint density at radius 3 is 3.00 bits per heavy atom. The number of hydrogen-bond acceptors (Lipinski definition) is 5. The van der Waals surface area contributed by atoms with Crippen LogP contribution in [0.2, 0.25) is 0 Å². The Morgan fingerprint density at radius 1 is 1.67 bits per heavy atom. The zero-order valence-electron chi connectivity index (χ0n) is 13.4. The fraction of sp³-hybridized carbons (Fsp3) is 0.600. The van der Waals surface area contributed by atoms with Crippen molar-refractivity contribution in [2.24, 2.45) is 0 Å². The summed E-state index contributed by atoms with van der Waals surface area (Å²) in [5, 5.41) is 0. The van der Waals surface area contributed by atoms with Crippen molar-refractivity contribution < 1.29 is 32.1 Å². The Bertz CT molecular complexity index is 773. The van der Waals surface area contributed by atoms with Crippen LogP contribution in [0.4, 0.5) is 4.39 Å². The van der Waals surface area contributed by atoms with Crippen LogP contribution in [0.25, 0.3) is 0 Å². The molecule has 0 saturated carbocycles. The number of aryl methyl sites for hydroxylation is 1. The molecule has 1 aliphatic heterocycles. The number of rotatable bonds is 4. The number of nitrogens with one attached hydrogen (secondary N) is 1. The molecule has 118 valence electrons. The molecule has 1 aromatic heterocycles. The molecule has 1 saturated heterocycles. The number of ether oxygens (including phenoxy) is 1. The molecule has 11 heteroatoms. The molecule has 2 heterocycles. The highest BCUT2D eigenvalue weighted by Crippen LogP contribution is 2.38. The Labute approximate surface area is 121 Å². The van der Waals surface area contributed by atoms with Gasteiger partial charge in [0.15, 0.2) is 0 Å². The third-order valence-electron chi connectivity index (χ3n) is 2.85. The molecule has 21 heavy (non-hydrogen) atoms. The van der Waals surface area contributed by atoms with Crippen LogP contribution in [0.3, 0.4) is 0 Å². The van der Waals surface area contributed by atoms with Crippen LogP contribution in [0, 0.1) is 6.85 Å². The SMILES string of the molecule is [2H]C([2H])([2H])c1cn([C@H]2C[C@H](F)[C@@H](COP(=O)(O)O)O2)c(=O)[nH]c1=O. The number of phosphoric ester groups is 1. The van der Waals surface area contributed by atoms with Gasteiger partial charge in [0.2, 0.25) is 0 Å². The first-order chi connectivity index (χ1) is 10.9. The van der Waals surface area contributed by atoms with Gasteiger partial charge in [-0.2, -0.15) is 0 Å². The molecule has 3 atom stereocenters. The van der Waals surface area contributed by atoms with E-state index in [1.165, 1.54) is 0 Å². The molecule has 0 unspecified atom stereocenters. The molecule has 0 aliphatic carbocycles. The lowest BCUT2D eigenvalue weighted by molar-refractivity contribution is -0.0351. The highest BCUT2D eigenvalue weighted by Gasteiger charge is 2.38. The predicted octanol–water partition coefficient (Wildman–Crippen LogP) is -0.420. The number of nitrogens with zero attached hydrogens (tertiary/aromatic N) is 1. The van der Waals surface area contributed by atoms with Gasteiger partial charge in [-0.25, -0.2) is 13.8 Å². The second-order valence-corrected chi connectivity index (χ2v) is 5.62. The minimum absolute atomic E-state index is 0.387. The van der Waals surface area contributed by atoms with E-state index in [4.69, 9.17) is 18.6 Å². The van der Waals surface area contributed by atoms with Gasteiger partial charge in [0.05, 0.1) is 6.61 Å². The van der Waals surface area contributed by atoms with Crippen molar-refractivity contribution in [1.29, 1.82) is 0 Å². The first kappa shape index (κ1) is 12.2. The topological polar surface area (TPSA) is 131 Å². The van der Waals surface area contributed by atoms with E-state index in [1.807, 2.05) is 4.98 Å². The van der Waals surface area contributed by atoms with E-state index in [0.29, 0.717) is 4.57 Å². The highest BCUT2D eigenvalue weighted by atomic mass is 31.2. The highest BCUT2D eigenvalue weighted by molar-refractivity contribution is 7.46. The van der Waals surface area contributed by atoms with Gasteiger partial charge in [0.25, 0.3) is 5.56 Å². The normalized spacial score (nSPS) is 28.9. The number of phosphoric acid groups is 1.